The number of hydrogen-bond donors (Lipinski definition) is 0. The van der Waals surface area contributed by atoms with Crippen LogP contribution in [0, 0.1) is 55.4 Å². The van der Waals surface area contributed by atoms with Crippen molar-refractivity contribution in [2.24, 2.45) is 0 Å². The van der Waals surface area contributed by atoms with Crippen molar-refractivity contribution < 1.29 is 38.0 Å². The van der Waals surface area contributed by atoms with E-state index in [1.165, 1.54) is 76.9 Å². The van der Waals surface area contributed by atoms with Crippen LogP contribution in [0.2, 0.25) is 0 Å². The maximum absolute atomic E-state index is 12.4. The molecule has 0 aliphatic rings. The smallest absolute Gasteiger partial charge is 0.338 e. The SMILES string of the molecule is COC(=O)c1cc(OC)c(-c2sc(-c3sc(-c4sc(-c5sc(-c6c(OC)cc(C(=O)OC)cc6OC)c(C)c5C)c(C)c4C)c(C)c3C)c(C)c2C)c(OC)c1. The summed E-state index contributed by atoms with van der Waals surface area (Å²) < 4.78 is 33.3. The summed E-state index contributed by atoms with van der Waals surface area (Å²) in [6, 6.07) is 6.85. The Hall–Kier alpha value is -4.62. The van der Waals surface area contributed by atoms with E-state index in [4.69, 9.17) is 28.4 Å². The first-order valence-corrected chi connectivity index (χ1v) is 21.0. The molecule has 4 aromatic heterocycles. The molecule has 0 saturated heterocycles. The molecule has 8 nitrogen and oxygen atoms in total. The van der Waals surface area contributed by atoms with Gasteiger partial charge in [-0.2, -0.15) is 0 Å². The zero-order valence-corrected chi connectivity index (χ0v) is 37.5. The van der Waals surface area contributed by atoms with Crippen LogP contribution in [0.15, 0.2) is 24.3 Å². The van der Waals surface area contributed by atoms with Gasteiger partial charge in [0.25, 0.3) is 0 Å². The van der Waals surface area contributed by atoms with Crippen molar-refractivity contribution in [1.82, 2.24) is 0 Å². The Morgan fingerprint density at radius 1 is 0.357 bits per heavy atom. The van der Waals surface area contributed by atoms with Crippen LogP contribution in [0.5, 0.6) is 23.0 Å². The fourth-order valence-corrected chi connectivity index (χ4v) is 13.0. The Bertz CT molecular complexity index is 2300. The topological polar surface area (TPSA) is 89.5 Å². The highest BCUT2D eigenvalue weighted by atomic mass is 32.1. The standard InChI is InChI=1S/C44H46O8S4/c1-19-21(3)37(53-35(19)33-29(47-9)15-27(43(45)51-13)16-30(33)48-10)39-23(5)25(7)41(55-39)42-26(8)24(6)40(56-42)38-22(4)20(2)36(54-38)34-31(49-11)17-28(44(46)52-14)18-32(34)50-12/h15-18H,1-14H3. The summed E-state index contributed by atoms with van der Waals surface area (Å²) >= 11 is 7.12. The van der Waals surface area contributed by atoms with Gasteiger partial charge in [0.05, 0.1) is 64.9 Å². The third kappa shape index (κ3) is 6.70. The van der Waals surface area contributed by atoms with Crippen molar-refractivity contribution in [2.75, 3.05) is 42.7 Å². The van der Waals surface area contributed by atoms with Crippen LogP contribution in [0.1, 0.15) is 65.2 Å². The second kappa shape index (κ2) is 16.1. The summed E-state index contributed by atoms with van der Waals surface area (Å²) in [6.07, 6.45) is 0. The molecule has 56 heavy (non-hydrogen) atoms. The second-order valence-electron chi connectivity index (χ2n) is 13.5. The Kier molecular flexibility index (Phi) is 11.8. The zero-order valence-electron chi connectivity index (χ0n) is 34.2. The summed E-state index contributed by atoms with van der Waals surface area (Å²) in [6.45, 7) is 17.5. The number of carbonyl (C=O) groups is 2. The Morgan fingerprint density at radius 2 is 0.554 bits per heavy atom. The molecule has 0 atom stereocenters. The van der Waals surface area contributed by atoms with Gasteiger partial charge in [0.2, 0.25) is 0 Å². The first-order chi connectivity index (χ1) is 26.7. The molecule has 6 rings (SSSR count). The highest BCUT2D eigenvalue weighted by Gasteiger charge is 2.29. The number of thiophene rings is 4. The van der Waals surface area contributed by atoms with Crippen LogP contribution in [0.3, 0.4) is 0 Å². The van der Waals surface area contributed by atoms with E-state index in [2.05, 4.69) is 55.4 Å². The first kappa shape index (κ1) is 41.0. The molecule has 0 bridgehead atoms. The molecular weight excluding hydrogens is 785 g/mol. The van der Waals surface area contributed by atoms with Gasteiger partial charge in [-0.25, -0.2) is 9.59 Å². The van der Waals surface area contributed by atoms with Crippen LogP contribution in [-0.2, 0) is 9.47 Å². The molecule has 0 spiro atoms. The highest BCUT2D eigenvalue weighted by Crippen LogP contribution is 2.56. The van der Waals surface area contributed by atoms with E-state index < -0.39 is 11.9 Å². The largest absolute Gasteiger partial charge is 0.496 e. The van der Waals surface area contributed by atoms with Crippen LogP contribution in [-0.4, -0.2) is 54.6 Å². The minimum absolute atomic E-state index is 0.365. The quantitative estimate of drug-likeness (QED) is 0.119. The van der Waals surface area contributed by atoms with E-state index in [-0.39, 0.29) is 0 Å². The summed E-state index contributed by atoms with van der Waals surface area (Å²) in [5.41, 5.74) is 12.1. The molecule has 0 radical (unpaired) electrons. The van der Waals surface area contributed by atoms with E-state index in [1.54, 1.807) is 75.4 Å². The maximum Gasteiger partial charge on any atom is 0.338 e. The lowest BCUT2D eigenvalue weighted by molar-refractivity contribution is 0.0591. The molecule has 0 saturated carbocycles. The molecule has 0 aliphatic heterocycles. The van der Waals surface area contributed by atoms with Crippen molar-refractivity contribution in [3.05, 3.63) is 79.9 Å². The number of carbonyl (C=O) groups excluding carboxylic acids is 2. The zero-order chi connectivity index (χ0) is 40.9. The van der Waals surface area contributed by atoms with E-state index in [1.807, 2.05) is 22.7 Å². The third-order valence-electron chi connectivity index (χ3n) is 10.7. The molecule has 0 amide bonds. The van der Waals surface area contributed by atoms with Crippen LogP contribution in [0.25, 0.3) is 50.1 Å². The lowest BCUT2D eigenvalue weighted by atomic mass is 10.0. The number of hydrogen-bond acceptors (Lipinski definition) is 12. The van der Waals surface area contributed by atoms with Gasteiger partial charge in [-0.15, -0.1) is 45.3 Å². The molecule has 294 valence electrons. The normalized spacial score (nSPS) is 11.2. The molecule has 6 aromatic rings. The fraction of sp³-hybridized carbons (Fsp3) is 0.318. The Balaban J connectivity index is 1.46. The third-order valence-corrected chi connectivity index (χ3v) is 16.8. The molecule has 12 heteroatoms. The van der Waals surface area contributed by atoms with Crippen molar-refractivity contribution in [3.63, 3.8) is 0 Å². The average molecular weight is 831 g/mol. The predicted molar refractivity (Wildman–Crippen MR) is 232 cm³/mol. The number of rotatable bonds is 11. The number of esters is 2. The van der Waals surface area contributed by atoms with Crippen LogP contribution in [0.4, 0.5) is 0 Å². The van der Waals surface area contributed by atoms with Crippen molar-refractivity contribution in [3.8, 4) is 73.1 Å². The van der Waals surface area contributed by atoms with Gasteiger partial charge in [-0.3, -0.25) is 0 Å². The Labute approximate surface area is 344 Å². The minimum Gasteiger partial charge on any atom is -0.496 e. The molecule has 0 N–H and O–H groups in total. The van der Waals surface area contributed by atoms with Gasteiger partial charge in [-0.05, 0) is 124 Å². The summed E-state index contributed by atoms with van der Waals surface area (Å²) in [7, 11) is 9.13. The summed E-state index contributed by atoms with van der Waals surface area (Å²) in [5, 5.41) is 0. The maximum atomic E-state index is 12.4. The Morgan fingerprint density at radius 3 is 0.750 bits per heavy atom. The van der Waals surface area contributed by atoms with E-state index in [9.17, 15) is 9.59 Å². The lowest BCUT2D eigenvalue weighted by Crippen LogP contribution is -2.03. The van der Waals surface area contributed by atoms with Gasteiger partial charge >= 0.3 is 11.9 Å². The highest BCUT2D eigenvalue weighted by molar-refractivity contribution is 7.30. The second-order valence-corrected chi connectivity index (χ2v) is 17.6. The summed E-state index contributed by atoms with van der Waals surface area (Å²) in [5.74, 6) is 1.30. The van der Waals surface area contributed by atoms with Crippen LogP contribution < -0.4 is 18.9 Å². The van der Waals surface area contributed by atoms with Gasteiger partial charge < -0.3 is 28.4 Å². The number of ether oxygens (including phenoxy) is 6. The molecule has 0 aliphatic carbocycles. The molecule has 2 aromatic carbocycles. The number of methoxy groups -OCH3 is 6. The van der Waals surface area contributed by atoms with E-state index in [0.29, 0.717) is 34.1 Å². The van der Waals surface area contributed by atoms with Gasteiger partial charge in [-0.1, -0.05) is 0 Å². The van der Waals surface area contributed by atoms with Crippen molar-refractivity contribution in [1.29, 1.82) is 0 Å². The predicted octanol–water partition coefficient (Wildman–Crippen LogP) is 12.3. The molecule has 0 fully saturated rings. The van der Waals surface area contributed by atoms with Gasteiger partial charge in [0, 0.05) is 39.0 Å². The molecule has 0 unspecified atom stereocenters. The fourth-order valence-electron chi connectivity index (χ4n) is 6.90. The van der Waals surface area contributed by atoms with Crippen LogP contribution >= 0.6 is 45.3 Å². The first-order valence-electron chi connectivity index (χ1n) is 17.8. The monoisotopic (exact) mass is 830 g/mol. The van der Waals surface area contributed by atoms with Gasteiger partial charge in [0.15, 0.2) is 0 Å². The van der Waals surface area contributed by atoms with E-state index >= 15 is 0 Å². The van der Waals surface area contributed by atoms with E-state index in [0.717, 1.165) is 32.0 Å². The number of benzene rings is 2. The molecule has 4 heterocycles. The van der Waals surface area contributed by atoms with Crippen molar-refractivity contribution in [2.45, 2.75) is 55.4 Å². The minimum atomic E-state index is -0.454. The lowest BCUT2D eigenvalue weighted by Gasteiger charge is -2.14. The van der Waals surface area contributed by atoms with Crippen molar-refractivity contribution >= 4 is 57.3 Å². The average Bonchev–Trinajstić information content (AvgIpc) is 3.88. The molecular formula is C44H46O8S4. The van der Waals surface area contributed by atoms with Gasteiger partial charge in [0.1, 0.15) is 23.0 Å². The summed E-state index contributed by atoms with van der Waals surface area (Å²) in [4.78, 5) is 34.4.